The molecule has 0 aliphatic heterocycles. The van der Waals surface area contributed by atoms with E-state index >= 15 is 0 Å². The van der Waals surface area contributed by atoms with Gasteiger partial charge in [-0.3, -0.25) is 58.0 Å². The number of carbonyl (C=O) groups is 11. The van der Waals surface area contributed by atoms with Crippen LogP contribution in [0.3, 0.4) is 0 Å². The first-order valence-electron chi connectivity index (χ1n) is 38.0. The lowest BCUT2D eigenvalue weighted by Gasteiger charge is -2.25. The van der Waals surface area contributed by atoms with E-state index in [9.17, 15) is 62.6 Å². The molecule has 14 rings (SSSR count). The first-order valence-corrected chi connectivity index (χ1v) is 39.9. The Hall–Kier alpha value is -14.2. The topological polar surface area (TPSA) is 534 Å². The third kappa shape index (κ3) is 26.7. The number of ketones is 8. The zero-order valence-corrected chi connectivity index (χ0v) is 76.9. The predicted molar refractivity (Wildman–Crippen MR) is 480 cm³/mol. The molecule has 1 aromatic carbocycles. The van der Waals surface area contributed by atoms with Crippen LogP contribution in [0.1, 0.15) is 194 Å². The van der Waals surface area contributed by atoms with E-state index in [2.05, 4.69) is 97.4 Å². The van der Waals surface area contributed by atoms with Crippen LogP contribution in [0.25, 0.3) is 33.9 Å². The third-order valence-corrected chi connectivity index (χ3v) is 17.7. The van der Waals surface area contributed by atoms with Gasteiger partial charge in [0.15, 0.2) is 68.6 Å². The van der Waals surface area contributed by atoms with Gasteiger partial charge in [0.1, 0.15) is 89.0 Å². The average Bonchev–Trinajstić information content (AvgIpc) is 1.59. The molecule has 14 aromatic rings. The average molecular weight is 1860 g/mol. The second-order valence-electron chi connectivity index (χ2n) is 29.5. The zero-order valence-electron chi connectivity index (χ0n) is 73.1. The van der Waals surface area contributed by atoms with Gasteiger partial charge >= 0.3 is 18.2 Å². The molecule has 0 aliphatic carbocycles. The Labute approximate surface area is 754 Å². The number of nitrogens with zero attached hydrogens (tertiary/aromatic N) is 20. The molecule has 47 heteroatoms. The summed E-state index contributed by atoms with van der Waals surface area (Å²) in [4.78, 5) is 161. The Kier molecular flexibility index (Phi) is 34.3. The van der Waals surface area contributed by atoms with E-state index in [1.807, 2.05) is 26.0 Å². The number of esters is 1. The van der Waals surface area contributed by atoms with Crippen LogP contribution in [0, 0.1) is 13.8 Å². The molecule has 128 heavy (non-hydrogen) atoms. The van der Waals surface area contributed by atoms with Crippen LogP contribution < -0.4 is 37.0 Å². The summed E-state index contributed by atoms with van der Waals surface area (Å²) in [6, 6.07) is 15.0. The summed E-state index contributed by atoms with van der Waals surface area (Å²) in [5, 5.41) is 50.0. The van der Waals surface area contributed by atoms with Crippen molar-refractivity contribution in [3.63, 3.8) is 0 Å². The van der Waals surface area contributed by atoms with Crippen LogP contribution in [-0.4, -0.2) is 213 Å². The summed E-state index contributed by atoms with van der Waals surface area (Å²) in [5.74, 6) is 1.18. The summed E-state index contributed by atoms with van der Waals surface area (Å²) in [6.45, 7) is 28.2. The van der Waals surface area contributed by atoms with Crippen molar-refractivity contribution in [1.29, 1.82) is 0 Å². The van der Waals surface area contributed by atoms with Crippen molar-refractivity contribution in [2.75, 3.05) is 66.3 Å². The number of fused-ring (bicyclic) bond motifs is 6. The van der Waals surface area contributed by atoms with Gasteiger partial charge in [-0.2, -0.15) is 58.3 Å². The maximum absolute atomic E-state index is 12.7. The van der Waals surface area contributed by atoms with Crippen LogP contribution in [0.2, 0.25) is 25.8 Å². The molecule has 0 saturated carbocycles. The van der Waals surface area contributed by atoms with Gasteiger partial charge in [0.25, 0.3) is 5.56 Å². The second-order valence-corrected chi connectivity index (χ2v) is 31.4. The molecule has 0 saturated heterocycles. The standard InChI is InChI=1S/C22H27N5O3.C14H17ClN4O3.2C9H9ClN4O.C8H5Cl2N3O.C8H7N3O3.C6H9N3O2.C5H8O2/c1-13-8-14(2)10-16(9-13)24-18-11-19(26(7)21(29)30-22(4,5)6)27-20(25-18)17(12-23-27)15(3)28;1-8(20)9-7-16-19-11(6-10(15)17-12(9)19)18(5)13(21)22-14(2,3)4;2*1-5(15)6-4-12-14-8(11-2)3-7(10)13-9(6)14;1-4(14)5-3-11-13-7(10)2-6(9)12-8(5)13;1-4(12)5-3-9-11-7(14)2-6(13)10-8(5)11;1-2-11-6(10)4-3-8-9-5(4)7;1-4(6)3-5(2)7/h8-12H,1-7H3,(H,24,25);6-7H,1-5H3;2*3-4,11H,1-2H3;2-3H,1H3;2-3,14H,1H3,(H,10,13);3H,2H2,1H3,(H3,7,8,9);3H2,1-2H3. The largest absolute Gasteiger partial charge is 0.493 e. The molecule has 0 atom stereocenters. The van der Waals surface area contributed by atoms with Crippen LogP contribution in [0.4, 0.5) is 50.2 Å². The van der Waals surface area contributed by atoms with E-state index in [1.165, 1.54) is 141 Å². The molecule has 8 N–H and O–H groups in total. The Balaban J connectivity index is 0.000000207. The highest BCUT2D eigenvalue weighted by Crippen LogP contribution is 2.30. The Morgan fingerprint density at radius 3 is 1.20 bits per heavy atom. The van der Waals surface area contributed by atoms with Gasteiger partial charge in [-0.15, -0.1) is 0 Å². The van der Waals surface area contributed by atoms with Crippen molar-refractivity contribution < 1.29 is 72.1 Å². The van der Waals surface area contributed by atoms with Gasteiger partial charge in [0.05, 0.1) is 95.9 Å². The highest BCUT2D eigenvalue weighted by molar-refractivity contribution is 6.34. The molecule has 0 fully saturated rings. The zero-order chi connectivity index (χ0) is 95.6. The summed E-state index contributed by atoms with van der Waals surface area (Å²) < 4.78 is 23.9. The first kappa shape index (κ1) is 101. The number of nitrogens with one attached hydrogen (secondary N) is 5. The highest BCUT2D eigenvalue weighted by atomic mass is 35.5. The van der Waals surface area contributed by atoms with Crippen LogP contribution in [-0.2, 0) is 23.8 Å². The van der Waals surface area contributed by atoms with Crippen molar-refractivity contribution in [3.8, 4) is 5.88 Å². The number of halogens is 5. The number of aryl methyl sites for hydroxylation is 2. The quantitative estimate of drug-likeness (QED) is 0.0155. The molecule has 42 nitrogen and oxygen atoms in total. The molecule has 676 valence electrons. The summed E-state index contributed by atoms with van der Waals surface area (Å²) >= 11 is 29.2. The monoisotopic (exact) mass is 1860 g/mol. The first-order chi connectivity index (χ1) is 59.9. The minimum absolute atomic E-state index is 0.0625. The molecule has 2 amide bonds. The molecule has 0 bridgehead atoms. The number of hydrogen-bond acceptors (Lipinski definition) is 32. The number of H-pyrrole nitrogens is 2. The van der Waals surface area contributed by atoms with E-state index < -0.39 is 34.9 Å². The lowest BCUT2D eigenvalue weighted by molar-refractivity contribution is -0.124. The number of amides is 2. The third-order valence-electron chi connectivity index (χ3n) is 16.6. The highest BCUT2D eigenvalue weighted by Gasteiger charge is 2.28. The molecule has 0 radical (unpaired) electrons. The molecule has 0 unspecified atom stereocenters. The maximum atomic E-state index is 12.7. The Morgan fingerprint density at radius 1 is 0.469 bits per heavy atom. The molecule has 13 heterocycles. The van der Waals surface area contributed by atoms with Gasteiger partial charge in [0.2, 0.25) is 5.88 Å². The van der Waals surface area contributed by atoms with Gasteiger partial charge < -0.3 is 46.0 Å². The van der Waals surface area contributed by atoms with Crippen LogP contribution in [0.15, 0.2) is 103 Å². The number of aromatic nitrogens is 20. The van der Waals surface area contributed by atoms with Gasteiger partial charge in [0, 0.05) is 64.2 Å². The minimum Gasteiger partial charge on any atom is -0.493 e. The van der Waals surface area contributed by atoms with Gasteiger partial charge in [-0.1, -0.05) is 64.1 Å². The van der Waals surface area contributed by atoms with Crippen molar-refractivity contribution >= 4 is 197 Å². The van der Waals surface area contributed by atoms with Gasteiger partial charge in [-0.25, -0.2) is 43.8 Å². The van der Waals surface area contributed by atoms with Crippen molar-refractivity contribution in [1.82, 2.24) is 97.8 Å². The summed E-state index contributed by atoms with van der Waals surface area (Å²) in [6.07, 6.45) is 8.88. The number of nitrogens with two attached hydrogens (primary N) is 1. The number of Topliss-reactive ketones (excluding diaryl/α,β-unsaturated/α-hetero) is 8. The smallest absolute Gasteiger partial charge is 0.415 e. The van der Waals surface area contributed by atoms with E-state index in [1.54, 1.807) is 96.8 Å². The number of nitrogen functional groups attached to an aromatic ring is 1. The number of ether oxygens (including phenoxy) is 3. The Bertz CT molecular complexity index is 6500. The normalized spacial score (nSPS) is 10.8. The lowest BCUT2D eigenvalue weighted by Crippen LogP contribution is -2.35. The molecule has 13 aromatic heterocycles. The fraction of sp³-hybridized carbons (Fsp3) is 0.309. The van der Waals surface area contributed by atoms with E-state index in [4.69, 9.17) is 73.2 Å². The number of hydrogen-bond donors (Lipinski definition) is 7. The second kappa shape index (κ2) is 43.6. The van der Waals surface area contributed by atoms with Crippen molar-refractivity contribution in [2.45, 2.75) is 135 Å². The number of carbonyl (C=O) groups excluding carboxylic acids is 11. The lowest BCUT2D eigenvalue weighted by atomic mass is 10.1. The summed E-state index contributed by atoms with van der Waals surface area (Å²) in [5.41, 5.74) is 11.5. The number of anilines is 7. The van der Waals surface area contributed by atoms with Crippen LogP contribution in [0.5, 0.6) is 5.88 Å². The minimum atomic E-state index is -0.647. The number of benzene rings is 1. The van der Waals surface area contributed by atoms with E-state index in [-0.39, 0.29) is 91.5 Å². The molecular formula is C81H91Cl5N26O16. The predicted octanol–water partition coefficient (Wildman–Crippen LogP) is 13.8. The molecule has 0 aliphatic rings. The van der Waals surface area contributed by atoms with Crippen molar-refractivity contribution in [2.24, 2.45) is 0 Å². The molecular weight excluding hydrogens is 1770 g/mol. The SMILES string of the molecule is CC(=O)CC(C)=O.CC(=O)c1cnn2c(Cl)cc(Cl)nc12.CC(=O)c1cnn2c(N(C)C(=O)OC(C)(C)C)cc(Cl)nc12.CC(=O)c1cnn2c(N(C)C(=O)OC(C)(C)C)cc(Nc3cc(C)cc(C)c3)nc12.CC(=O)c1cnn2c(O)cc(=O)[nH]c12.CCOC(=O)c1cn[nH]c1N.CNc1cc(Cl)nc2c(C(C)=O)cnn12.CNc1cc(Cl)nc2c(C(C)=O)cnn12. The van der Waals surface area contributed by atoms with E-state index in [0.29, 0.717) is 107 Å². The molecule has 0 spiro atoms. The summed E-state index contributed by atoms with van der Waals surface area (Å²) in [7, 11) is 6.63. The van der Waals surface area contributed by atoms with E-state index in [0.717, 1.165) is 27.4 Å². The maximum Gasteiger partial charge on any atom is 0.415 e. The number of aromatic hydroxyl groups is 1. The number of rotatable bonds is 16. The van der Waals surface area contributed by atoms with Crippen molar-refractivity contribution in [3.05, 3.63) is 184 Å². The Morgan fingerprint density at radius 2 is 0.828 bits per heavy atom. The fourth-order valence-electron chi connectivity index (χ4n) is 11.1. The number of aromatic amines is 2. The van der Waals surface area contributed by atoms with Gasteiger partial charge in [-0.05, 0) is 141 Å². The fourth-order valence-corrected chi connectivity index (χ4v) is 12.1. The van der Waals surface area contributed by atoms with Crippen LogP contribution >= 0.6 is 58.0 Å².